The molecule has 2 heterocycles. The van der Waals surface area contributed by atoms with Crippen LogP contribution in [0.5, 0.6) is 11.5 Å². The first kappa shape index (κ1) is 22.1. The van der Waals surface area contributed by atoms with Crippen LogP contribution in [0.1, 0.15) is 22.3 Å². The van der Waals surface area contributed by atoms with Gasteiger partial charge in [-0.05, 0) is 46.0 Å². The molecule has 0 unspecified atom stereocenters. The molecule has 6 aromatic carbocycles. The second kappa shape index (κ2) is 8.02. The van der Waals surface area contributed by atoms with Crippen molar-refractivity contribution in [3.05, 3.63) is 149 Å². The van der Waals surface area contributed by atoms with E-state index in [1.165, 1.54) is 12.1 Å². The highest BCUT2D eigenvalue weighted by Crippen LogP contribution is 2.60. The minimum atomic E-state index is -1.11. The van der Waals surface area contributed by atoms with Crippen molar-refractivity contribution in [2.24, 2.45) is 0 Å². The molecule has 39 heavy (non-hydrogen) atoms. The molecule has 0 fully saturated rings. The molecule has 0 aromatic heterocycles. The lowest BCUT2D eigenvalue weighted by Gasteiger charge is -2.38. The van der Waals surface area contributed by atoms with Crippen LogP contribution in [0.25, 0.3) is 21.5 Å². The monoisotopic (exact) mass is 507 g/mol. The molecule has 1 atom stereocenters. The molecule has 0 saturated heterocycles. The summed E-state index contributed by atoms with van der Waals surface area (Å²) in [5.41, 5.74) is 3.23. The van der Waals surface area contributed by atoms with Crippen molar-refractivity contribution < 1.29 is 13.9 Å². The van der Waals surface area contributed by atoms with E-state index in [-0.39, 0.29) is 11.7 Å². The number of hydrogen-bond donors (Lipinski definition) is 0. The number of anilines is 1. The van der Waals surface area contributed by atoms with Gasteiger partial charge in [0.25, 0.3) is 0 Å². The van der Waals surface area contributed by atoms with E-state index in [1.54, 1.807) is 12.1 Å². The summed E-state index contributed by atoms with van der Waals surface area (Å²) in [6.07, 6.45) is 0. The van der Waals surface area contributed by atoms with E-state index in [9.17, 15) is 4.39 Å². The number of rotatable bonds is 2. The summed E-state index contributed by atoms with van der Waals surface area (Å²) < 4.78 is 20.4. The van der Waals surface area contributed by atoms with Crippen molar-refractivity contribution in [1.29, 1.82) is 0 Å². The van der Waals surface area contributed by atoms with Gasteiger partial charge in [0, 0.05) is 27.8 Å². The highest BCUT2D eigenvalue weighted by Gasteiger charge is 2.58. The highest BCUT2D eigenvalue weighted by molar-refractivity contribution is 6.17. The van der Waals surface area contributed by atoms with Crippen LogP contribution in [0.15, 0.2) is 121 Å². The zero-order chi connectivity index (χ0) is 26.1. The molecule has 6 aromatic rings. The number of carbonyl (C=O) groups is 1. The number of amides is 1. The Bertz CT molecular complexity index is 1960. The van der Waals surface area contributed by atoms with Gasteiger partial charge in [-0.2, -0.15) is 0 Å². The Morgan fingerprint density at radius 2 is 1.33 bits per heavy atom. The molecule has 4 heteroatoms. The molecule has 186 valence electrons. The van der Waals surface area contributed by atoms with Gasteiger partial charge in [-0.25, -0.2) is 4.39 Å². The molecule has 0 radical (unpaired) electrons. The Kier molecular flexibility index (Phi) is 4.54. The van der Waals surface area contributed by atoms with Crippen molar-refractivity contribution in [3.63, 3.8) is 0 Å². The van der Waals surface area contributed by atoms with Crippen molar-refractivity contribution in [2.45, 2.75) is 12.0 Å². The summed E-state index contributed by atoms with van der Waals surface area (Å²) >= 11 is 0. The maximum atomic E-state index is 15.1. The molecule has 3 nitrogen and oxygen atoms in total. The zero-order valence-electron chi connectivity index (χ0n) is 20.9. The third kappa shape index (κ3) is 2.94. The van der Waals surface area contributed by atoms with Crippen molar-refractivity contribution in [2.75, 3.05) is 4.90 Å². The smallest absolute Gasteiger partial charge is 0.247 e. The average Bonchev–Trinajstić information content (AvgIpc) is 3.22. The molecular formula is C35H22FNO2. The number of ether oxygens (including phenoxy) is 1. The van der Waals surface area contributed by atoms with Crippen molar-refractivity contribution >= 4 is 33.1 Å². The third-order valence-electron chi connectivity index (χ3n) is 8.18. The van der Waals surface area contributed by atoms with E-state index in [1.807, 2.05) is 53.4 Å². The summed E-state index contributed by atoms with van der Waals surface area (Å²) in [6, 6.07) is 38.9. The van der Waals surface area contributed by atoms with Gasteiger partial charge < -0.3 is 9.64 Å². The number of hydrogen-bond acceptors (Lipinski definition) is 2. The molecule has 0 saturated carbocycles. The second-order valence-electron chi connectivity index (χ2n) is 10.2. The van der Waals surface area contributed by atoms with E-state index in [4.69, 9.17) is 4.74 Å². The lowest BCUT2D eigenvalue weighted by Crippen LogP contribution is -2.43. The average molecular weight is 508 g/mol. The first-order valence-electron chi connectivity index (χ1n) is 13.0. The second-order valence-corrected chi connectivity index (χ2v) is 10.2. The Hall–Kier alpha value is -4.96. The molecule has 0 aliphatic carbocycles. The molecule has 0 N–H and O–H groups in total. The Morgan fingerprint density at radius 1 is 0.667 bits per heavy atom. The number of fused-ring (bicyclic) bond motifs is 10. The van der Waals surface area contributed by atoms with E-state index in [2.05, 4.69) is 48.5 Å². The Balaban J connectivity index is 1.48. The van der Waals surface area contributed by atoms with Gasteiger partial charge in [-0.15, -0.1) is 0 Å². The maximum Gasteiger partial charge on any atom is 0.247 e. The topological polar surface area (TPSA) is 29.5 Å². The molecule has 1 amide bonds. The predicted octanol–water partition coefficient (Wildman–Crippen LogP) is 8.12. The summed E-state index contributed by atoms with van der Waals surface area (Å²) in [5.74, 6) is 1.06. The van der Waals surface area contributed by atoms with Gasteiger partial charge in [-0.1, -0.05) is 97.1 Å². The lowest BCUT2D eigenvalue weighted by atomic mass is 9.66. The van der Waals surface area contributed by atoms with Crippen LogP contribution < -0.4 is 9.64 Å². The Morgan fingerprint density at radius 3 is 2.15 bits per heavy atom. The van der Waals surface area contributed by atoms with E-state index >= 15 is 4.79 Å². The number of benzene rings is 6. The first-order chi connectivity index (χ1) is 19.2. The summed E-state index contributed by atoms with van der Waals surface area (Å²) in [5, 5.41) is 4.05. The van der Waals surface area contributed by atoms with Crippen molar-refractivity contribution in [3.8, 4) is 11.5 Å². The van der Waals surface area contributed by atoms with Crippen LogP contribution in [-0.2, 0) is 16.8 Å². The van der Waals surface area contributed by atoms with Crippen LogP contribution in [0.4, 0.5) is 10.1 Å². The molecular weight excluding hydrogens is 485 g/mol. The number of para-hydroxylation sites is 1. The van der Waals surface area contributed by atoms with Gasteiger partial charge in [-0.3, -0.25) is 4.79 Å². The quantitative estimate of drug-likeness (QED) is 0.237. The van der Waals surface area contributed by atoms with Crippen molar-refractivity contribution in [1.82, 2.24) is 0 Å². The van der Waals surface area contributed by atoms with Gasteiger partial charge >= 0.3 is 0 Å². The fourth-order valence-corrected chi connectivity index (χ4v) is 6.50. The van der Waals surface area contributed by atoms with Crippen LogP contribution in [-0.4, -0.2) is 5.91 Å². The van der Waals surface area contributed by atoms with Crippen LogP contribution in [0.3, 0.4) is 0 Å². The normalized spacial score (nSPS) is 17.3. The predicted molar refractivity (Wildman–Crippen MR) is 152 cm³/mol. The van der Waals surface area contributed by atoms with Crippen LogP contribution in [0, 0.1) is 5.82 Å². The maximum absolute atomic E-state index is 15.1. The summed E-state index contributed by atoms with van der Waals surface area (Å²) in [4.78, 5) is 17.0. The first-order valence-corrected chi connectivity index (χ1v) is 13.0. The van der Waals surface area contributed by atoms with Gasteiger partial charge in [0.1, 0.15) is 22.7 Å². The summed E-state index contributed by atoms with van der Waals surface area (Å²) in [7, 11) is 0. The fraction of sp³-hybridized carbons (Fsp3) is 0.0571. The minimum Gasteiger partial charge on any atom is -0.456 e. The number of carbonyl (C=O) groups excluding carboxylic acids is 1. The van der Waals surface area contributed by atoms with Gasteiger partial charge in [0.05, 0.1) is 6.54 Å². The molecule has 2 aliphatic heterocycles. The van der Waals surface area contributed by atoms with Gasteiger partial charge in [0.2, 0.25) is 5.91 Å². The standard InChI is InChI=1S/C35H22FNO2/c36-25-17-13-22(14-18-25)21-37-30-12-6-5-11-28(30)35(34(37)38)29-19-15-24-8-2-4-10-27(24)33(29)39-31-20-16-23-7-1-3-9-26(23)32(31)35/h1-20H,21H2/t35-/m1/s1. The van der Waals surface area contributed by atoms with E-state index in [0.717, 1.165) is 49.5 Å². The Labute approximate surface area is 224 Å². The van der Waals surface area contributed by atoms with E-state index in [0.29, 0.717) is 18.0 Å². The SMILES string of the molecule is O=C1N(Cc2ccc(F)cc2)c2ccccc2[C@]12c1ccc3ccccc3c1Oc1ccc3ccccc3c12. The zero-order valence-corrected chi connectivity index (χ0v) is 20.9. The molecule has 8 rings (SSSR count). The molecule has 0 bridgehead atoms. The fourth-order valence-electron chi connectivity index (χ4n) is 6.50. The molecule has 1 spiro atoms. The highest BCUT2D eigenvalue weighted by atomic mass is 19.1. The molecule has 2 aliphatic rings. The van der Waals surface area contributed by atoms with Crippen LogP contribution >= 0.6 is 0 Å². The lowest BCUT2D eigenvalue weighted by molar-refractivity contribution is -0.121. The minimum absolute atomic E-state index is 0.0366. The third-order valence-corrected chi connectivity index (χ3v) is 8.18. The largest absolute Gasteiger partial charge is 0.456 e. The summed E-state index contributed by atoms with van der Waals surface area (Å²) in [6.45, 7) is 0.335. The number of halogens is 1. The van der Waals surface area contributed by atoms with Gasteiger partial charge in [0.15, 0.2) is 0 Å². The van der Waals surface area contributed by atoms with Crippen LogP contribution in [0.2, 0.25) is 0 Å². The number of nitrogens with zero attached hydrogens (tertiary/aromatic N) is 1. The van der Waals surface area contributed by atoms with E-state index < -0.39 is 5.41 Å².